The third-order valence-corrected chi connectivity index (χ3v) is 3.28. The molecule has 1 amide bonds. The molecule has 4 heteroatoms. The Labute approximate surface area is 114 Å². The van der Waals surface area contributed by atoms with E-state index in [-0.39, 0.29) is 5.91 Å². The lowest BCUT2D eigenvalue weighted by molar-refractivity contribution is -0.921. The molecule has 19 heavy (non-hydrogen) atoms. The predicted molar refractivity (Wildman–Crippen MR) is 74.2 cm³/mol. The molecule has 0 spiro atoms. The molecule has 2 rings (SSSR count). The summed E-state index contributed by atoms with van der Waals surface area (Å²) < 4.78 is 5.34. The van der Waals surface area contributed by atoms with Crippen molar-refractivity contribution in [3.63, 3.8) is 0 Å². The van der Waals surface area contributed by atoms with Gasteiger partial charge in [0.15, 0.2) is 0 Å². The number of amides is 1. The molecule has 0 atom stereocenters. The molecule has 0 unspecified atom stereocenters. The van der Waals surface area contributed by atoms with Crippen LogP contribution in [0.15, 0.2) is 36.9 Å². The predicted octanol–water partition coefficient (Wildman–Crippen LogP) is 0.0175. The van der Waals surface area contributed by atoms with Crippen LogP contribution >= 0.6 is 0 Å². The van der Waals surface area contributed by atoms with Gasteiger partial charge in [-0.05, 0) is 12.1 Å². The molecule has 1 saturated heterocycles. The van der Waals surface area contributed by atoms with E-state index in [0.29, 0.717) is 12.1 Å². The van der Waals surface area contributed by atoms with Crippen molar-refractivity contribution in [2.75, 3.05) is 32.8 Å². The molecular weight excluding hydrogens is 240 g/mol. The molecule has 102 valence electrons. The summed E-state index contributed by atoms with van der Waals surface area (Å²) in [6.07, 6.45) is 1.67. The highest BCUT2D eigenvalue weighted by molar-refractivity contribution is 5.94. The lowest BCUT2D eigenvalue weighted by Gasteiger charge is -2.23. The van der Waals surface area contributed by atoms with Gasteiger partial charge in [0.2, 0.25) is 0 Å². The Morgan fingerprint density at radius 1 is 1.32 bits per heavy atom. The smallest absolute Gasteiger partial charge is 0.251 e. The first-order chi connectivity index (χ1) is 9.29. The van der Waals surface area contributed by atoms with Gasteiger partial charge in [0.05, 0.1) is 13.2 Å². The monoisotopic (exact) mass is 261 g/mol. The van der Waals surface area contributed by atoms with Gasteiger partial charge in [-0.2, -0.15) is 0 Å². The average Bonchev–Trinajstić information content (AvgIpc) is 2.46. The lowest BCUT2D eigenvalue weighted by atomic mass is 10.1. The maximum absolute atomic E-state index is 11.7. The van der Waals surface area contributed by atoms with Crippen LogP contribution in [0.25, 0.3) is 0 Å². The number of hydrogen-bond acceptors (Lipinski definition) is 2. The van der Waals surface area contributed by atoms with Gasteiger partial charge >= 0.3 is 0 Å². The molecule has 1 fully saturated rings. The van der Waals surface area contributed by atoms with Gasteiger partial charge in [-0.1, -0.05) is 18.2 Å². The van der Waals surface area contributed by atoms with E-state index in [1.54, 1.807) is 6.08 Å². The fourth-order valence-electron chi connectivity index (χ4n) is 2.17. The van der Waals surface area contributed by atoms with Crippen LogP contribution < -0.4 is 10.2 Å². The number of nitrogens with one attached hydrogen (secondary N) is 2. The fraction of sp³-hybridized carbons (Fsp3) is 0.400. The summed E-state index contributed by atoms with van der Waals surface area (Å²) in [7, 11) is 0. The first-order valence-corrected chi connectivity index (χ1v) is 6.69. The zero-order valence-electron chi connectivity index (χ0n) is 11.2. The molecule has 1 aliphatic heterocycles. The van der Waals surface area contributed by atoms with Gasteiger partial charge in [0.25, 0.3) is 5.91 Å². The fourth-order valence-corrected chi connectivity index (χ4v) is 2.17. The van der Waals surface area contributed by atoms with E-state index in [2.05, 4.69) is 11.9 Å². The van der Waals surface area contributed by atoms with E-state index >= 15 is 0 Å². The van der Waals surface area contributed by atoms with Crippen LogP contribution in [0.4, 0.5) is 0 Å². The average molecular weight is 261 g/mol. The minimum absolute atomic E-state index is 0.0508. The van der Waals surface area contributed by atoms with Gasteiger partial charge in [-0.3, -0.25) is 4.79 Å². The van der Waals surface area contributed by atoms with E-state index in [1.807, 2.05) is 24.3 Å². The molecule has 0 saturated carbocycles. The van der Waals surface area contributed by atoms with Gasteiger partial charge in [0.1, 0.15) is 19.6 Å². The highest BCUT2D eigenvalue weighted by atomic mass is 16.5. The van der Waals surface area contributed by atoms with Crippen LogP contribution in [-0.4, -0.2) is 38.8 Å². The number of ether oxygens (including phenoxy) is 1. The van der Waals surface area contributed by atoms with Crippen molar-refractivity contribution in [1.29, 1.82) is 0 Å². The van der Waals surface area contributed by atoms with Crippen molar-refractivity contribution in [2.24, 2.45) is 0 Å². The van der Waals surface area contributed by atoms with E-state index in [1.165, 1.54) is 10.5 Å². The van der Waals surface area contributed by atoms with Crippen molar-refractivity contribution in [1.82, 2.24) is 5.32 Å². The number of carbonyl (C=O) groups is 1. The maximum atomic E-state index is 11.7. The topological polar surface area (TPSA) is 42.8 Å². The summed E-state index contributed by atoms with van der Waals surface area (Å²) in [6, 6.07) is 7.83. The van der Waals surface area contributed by atoms with Gasteiger partial charge < -0.3 is 15.0 Å². The van der Waals surface area contributed by atoms with Gasteiger partial charge in [0, 0.05) is 17.7 Å². The number of benzene rings is 1. The van der Waals surface area contributed by atoms with Gasteiger partial charge in [-0.25, -0.2) is 0 Å². The SMILES string of the molecule is C=CCNC(=O)c1ccc(C[NH+]2CCOCC2)cc1. The third kappa shape index (κ3) is 4.19. The molecule has 0 aromatic heterocycles. The van der Waals surface area contributed by atoms with Crippen molar-refractivity contribution >= 4 is 5.91 Å². The lowest BCUT2D eigenvalue weighted by Crippen LogP contribution is -3.12. The second kappa shape index (κ2) is 7.07. The summed E-state index contributed by atoms with van der Waals surface area (Å²) in [5, 5.41) is 2.77. The molecule has 1 aliphatic rings. The zero-order valence-corrected chi connectivity index (χ0v) is 11.2. The standard InChI is InChI=1S/C15H20N2O2/c1-2-7-16-15(18)14-5-3-13(4-6-14)12-17-8-10-19-11-9-17/h2-6H,1,7-12H2,(H,16,18)/p+1. The Morgan fingerprint density at radius 3 is 2.63 bits per heavy atom. The Bertz CT molecular complexity index is 422. The van der Waals surface area contributed by atoms with Crippen LogP contribution in [0.5, 0.6) is 0 Å². The van der Waals surface area contributed by atoms with Gasteiger partial charge in [-0.15, -0.1) is 6.58 Å². The number of rotatable bonds is 5. The van der Waals surface area contributed by atoms with Crippen LogP contribution in [-0.2, 0) is 11.3 Å². The van der Waals surface area contributed by atoms with Crippen molar-refractivity contribution in [2.45, 2.75) is 6.54 Å². The normalized spacial score (nSPS) is 16.0. The Kier molecular flexibility index (Phi) is 5.12. The van der Waals surface area contributed by atoms with Crippen molar-refractivity contribution in [3.05, 3.63) is 48.0 Å². The minimum Gasteiger partial charge on any atom is -0.370 e. The second-order valence-electron chi connectivity index (χ2n) is 4.73. The maximum Gasteiger partial charge on any atom is 0.251 e. The third-order valence-electron chi connectivity index (χ3n) is 3.28. The molecule has 1 heterocycles. The number of hydrogen-bond donors (Lipinski definition) is 2. The van der Waals surface area contributed by atoms with Crippen LogP contribution in [0.1, 0.15) is 15.9 Å². The summed E-state index contributed by atoms with van der Waals surface area (Å²) >= 11 is 0. The number of quaternary nitrogens is 1. The minimum atomic E-state index is -0.0508. The Hall–Kier alpha value is -1.65. The highest BCUT2D eigenvalue weighted by Gasteiger charge is 2.14. The largest absolute Gasteiger partial charge is 0.370 e. The summed E-state index contributed by atoms with van der Waals surface area (Å²) in [5.41, 5.74) is 1.96. The van der Waals surface area contributed by atoms with E-state index in [0.717, 1.165) is 32.8 Å². The molecule has 4 nitrogen and oxygen atoms in total. The van der Waals surface area contributed by atoms with Crippen LogP contribution in [0.3, 0.4) is 0 Å². The summed E-state index contributed by atoms with van der Waals surface area (Å²) in [6.45, 7) is 8.88. The molecule has 1 aromatic carbocycles. The van der Waals surface area contributed by atoms with E-state index < -0.39 is 0 Å². The van der Waals surface area contributed by atoms with Crippen molar-refractivity contribution in [3.8, 4) is 0 Å². The number of carbonyl (C=O) groups excluding carboxylic acids is 1. The van der Waals surface area contributed by atoms with E-state index in [4.69, 9.17) is 4.74 Å². The molecule has 2 N–H and O–H groups in total. The highest BCUT2D eigenvalue weighted by Crippen LogP contribution is 2.03. The van der Waals surface area contributed by atoms with Crippen LogP contribution in [0, 0.1) is 0 Å². The first-order valence-electron chi connectivity index (χ1n) is 6.69. The van der Waals surface area contributed by atoms with Crippen LogP contribution in [0.2, 0.25) is 0 Å². The zero-order chi connectivity index (χ0) is 13.5. The molecule has 0 aliphatic carbocycles. The Balaban J connectivity index is 1.90. The second-order valence-corrected chi connectivity index (χ2v) is 4.73. The number of morpholine rings is 1. The Morgan fingerprint density at radius 2 is 2.00 bits per heavy atom. The molecule has 1 aromatic rings. The first kappa shape index (κ1) is 13.8. The summed E-state index contributed by atoms with van der Waals surface area (Å²) in [4.78, 5) is 13.3. The summed E-state index contributed by atoms with van der Waals surface area (Å²) in [5.74, 6) is -0.0508. The molecule has 0 radical (unpaired) electrons. The molecular formula is C15H21N2O2+. The quantitative estimate of drug-likeness (QED) is 0.734. The van der Waals surface area contributed by atoms with Crippen molar-refractivity contribution < 1.29 is 14.4 Å². The molecule has 0 bridgehead atoms. The van der Waals surface area contributed by atoms with E-state index in [9.17, 15) is 4.79 Å².